The first-order valence-electron chi connectivity index (χ1n) is 8.73. The zero-order valence-electron chi connectivity index (χ0n) is 15.9. The molecule has 0 heterocycles. The van der Waals surface area contributed by atoms with E-state index in [0.29, 0.717) is 11.3 Å². The molecule has 2 N–H and O–H groups in total. The van der Waals surface area contributed by atoms with Crippen LogP contribution in [0, 0.1) is 13.8 Å². The van der Waals surface area contributed by atoms with Crippen LogP contribution in [0.15, 0.2) is 48.5 Å². The summed E-state index contributed by atoms with van der Waals surface area (Å²) in [6, 6.07) is 13.4. The summed E-state index contributed by atoms with van der Waals surface area (Å²) < 4.78 is 5.20. The molecule has 0 aliphatic rings. The SMILES string of the molecule is Cc1cccc(C)c1NC(=O)C(C)OC(=O)[C@H](C)NC(=O)c1ccccc1. The van der Waals surface area contributed by atoms with E-state index >= 15 is 0 Å². The van der Waals surface area contributed by atoms with Gasteiger partial charge in [0.15, 0.2) is 6.10 Å². The maximum Gasteiger partial charge on any atom is 0.329 e. The summed E-state index contributed by atoms with van der Waals surface area (Å²) in [5, 5.41) is 5.35. The Balaban J connectivity index is 1.92. The fourth-order valence-corrected chi connectivity index (χ4v) is 2.49. The molecular formula is C21H24N2O4. The Morgan fingerprint density at radius 2 is 1.48 bits per heavy atom. The largest absolute Gasteiger partial charge is 0.451 e. The van der Waals surface area contributed by atoms with Gasteiger partial charge in [-0.15, -0.1) is 0 Å². The second kappa shape index (κ2) is 8.98. The van der Waals surface area contributed by atoms with Crippen LogP contribution in [-0.2, 0) is 14.3 Å². The molecule has 0 aliphatic carbocycles. The Hall–Kier alpha value is -3.15. The summed E-state index contributed by atoms with van der Waals surface area (Å²) in [5.74, 6) is -1.49. The zero-order valence-corrected chi connectivity index (χ0v) is 15.9. The van der Waals surface area contributed by atoms with Crippen molar-refractivity contribution >= 4 is 23.5 Å². The van der Waals surface area contributed by atoms with Crippen LogP contribution >= 0.6 is 0 Å². The van der Waals surface area contributed by atoms with Crippen molar-refractivity contribution in [3.63, 3.8) is 0 Å². The number of esters is 1. The van der Waals surface area contributed by atoms with Crippen molar-refractivity contribution < 1.29 is 19.1 Å². The molecule has 0 spiro atoms. The number of benzene rings is 2. The number of anilines is 1. The molecule has 0 bridgehead atoms. The Morgan fingerprint density at radius 1 is 0.889 bits per heavy atom. The van der Waals surface area contributed by atoms with Crippen molar-refractivity contribution in [2.45, 2.75) is 39.8 Å². The lowest BCUT2D eigenvalue weighted by Gasteiger charge is -2.19. The van der Waals surface area contributed by atoms with Gasteiger partial charge in [-0.2, -0.15) is 0 Å². The van der Waals surface area contributed by atoms with Gasteiger partial charge in [0.2, 0.25) is 0 Å². The van der Waals surface area contributed by atoms with Crippen molar-refractivity contribution in [1.29, 1.82) is 0 Å². The van der Waals surface area contributed by atoms with Crippen molar-refractivity contribution in [2.24, 2.45) is 0 Å². The number of aryl methyl sites for hydroxylation is 2. The molecule has 6 nitrogen and oxygen atoms in total. The predicted octanol–water partition coefficient (Wildman–Crippen LogP) is 2.99. The summed E-state index contributed by atoms with van der Waals surface area (Å²) in [5.41, 5.74) is 2.99. The molecule has 2 aromatic rings. The second-order valence-corrected chi connectivity index (χ2v) is 6.40. The third-order valence-electron chi connectivity index (χ3n) is 4.13. The number of para-hydroxylation sites is 1. The van der Waals surface area contributed by atoms with Crippen LogP contribution < -0.4 is 10.6 Å². The quantitative estimate of drug-likeness (QED) is 0.768. The number of carbonyl (C=O) groups is 3. The van der Waals surface area contributed by atoms with Crippen LogP contribution in [0.25, 0.3) is 0 Å². The van der Waals surface area contributed by atoms with Gasteiger partial charge in [0.25, 0.3) is 11.8 Å². The molecule has 0 aliphatic heterocycles. The number of nitrogens with one attached hydrogen (secondary N) is 2. The van der Waals surface area contributed by atoms with E-state index in [9.17, 15) is 14.4 Å². The molecule has 142 valence electrons. The topological polar surface area (TPSA) is 84.5 Å². The van der Waals surface area contributed by atoms with Crippen LogP contribution in [0.3, 0.4) is 0 Å². The highest BCUT2D eigenvalue weighted by Crippen LogP contribution is 2.19. The van der Waals surface area contributed by atoms with Gasteiger partial charge in [-0.1, -0.05) is 36.4 Å². The minimum Gasteiger partial charge on any atom is -0.451 e. The van der Waals surface area contributed by atoms with Gasteiger partial charge in [0, 0.05) is 11.3 Å². The van der Waals surface area contributed by atoms with Gasteiger partial charge < -0.3 is 15.4 Å². The third-order valence-corrected chi connectivity index (χ3v) is 4.13. The average Bonchev–Trinajstić information content (AvgIpc) is 2.65. The Kier molecular flexibility index (Phi) is 6.71. The zero-order chi connectivity index (χ0) is 20.0. The summed E-state index contributed by atoms with van der Waals surface area (Å²) in [6.45, 7) is 6.78. The van der Waals surface area contributed by atoms with E-state index in [1.807, 2.05) is 32.0 Å². The van der Waals surface area contributed by atoms with E-state index in [1.165, 1.54) is 13.8 Å². The Morgan fingerprint density at radius 3 is 2.07 bits per heavy atom. The molecule has 0 fully saturated rings. The smallest absolute Gasteiger partial charge is 0.329 e. The van der Waals surface area contributed by atoms with Crippen LogP contribution in [0.1, 0.15) is 35.3 Å². The average molecular weight is 368 g/mol. The highest BCUT2D eigenvalue weighted by atomic mass is 16.5. The molecule has 0 saturated heterocycles. The van der Waals surface area contributed by atoms with E-state index in [0.717, 1.165) is 11.1 Å². The standard InChI is InChI=1S/C21H24N2O4/c1-13-9-8-10-14(2)18(13)23-19(24)16(4)27-21(26)15(3)22-20(25)17-11-6-5-7-12-17/h5-12,15-16H,1-4H3,(H,22,25)(H,23,24)/t15-,16?/m0/s1. The van der Waals surface area contributed by atoms with E-state index in [2.05, 4.69) is 10.6 Å². The van der Waals surface area contributed by atoms with Gasteiger partial charge in [-0.3, -0.25) is 9.59 Å². The summed E-state index contributed by atoms with van der Waals surface area (Å²) in [4.78, 5) is 36.6. The van der Waals surface area contributed by atoms with Crippen molar-refractivity contribution in [2.75, 3.05) is 5.32 Å². The normalized spacial score (nSPS) is 12.6. The lowest BCUT2D eigenvalue weighted by Crippen LogP contribution is -2.42. The van der Waals surface area contributed by atoms with Gasteiger partial charge in [-0.05, 0) is 51.0 Å². The Labute approximate surface area is 158 Å². The number of carbonyl (C=O) groups excluding carboxylic acids is 3. The fourth-order valence-electron chi connectivity index (χ4n) is 2.49. The molecule has 2 rings (SSSR count). The molecular weight excluding hydrogens is 344 g/mol. The number of ether oxygens (including phenoxy) is 1. The van der Waals surface area contributed by atoms with Gasteiger partial charge in [-0.25, -0.2) is 4.79 Å². The minimum absolute atomic E-state index is 0.382. The number of hydrogen-bond donors (Lipinski definition) is 2. The van der Waals surface area contributed by atoms with Crippen LogP contribution in [0.2, 0.25) is 0 Å². The summed E-state index contributed by atoms with van der Waals surface area (Å²) in [7, 11) is 0. The minimum atomic E-state index is -0.993. The van der Waals surface area contributed by atoms with Crippen LogP contribution in [-0.4, -0.2) is 29.9 Å². The van der Waals surface area contributed by atoms with Gasteiger partial charge in [0.05, 0.1) is 0 Å². The number of hydrogen-bond acceptors (Lipinski definition) is 4. The van der Waals surface area contributed by atoms with Gasteiger partial charge >= 0.3 is 5.97 Å². The number of amides is 2. The lowest BCUT2D eigenvalue weighted by molar-refractivity contribution is -0.154. The van der Waals surface area contributed by atoms with E-state index in [4.69, 9.17) is 4.74 Å². The molecule has 2 amide bonds. The highest BCUT2D eigenvalue weighted by molar-refractivity contribution is 5.98. The first-order valence-corrected chi connectivity index (χ1v) is 8.73. The molecule has 0 radical (unpaired) electrons. The second-order valence-electron chi connectivity index (χ2n) is 6.40. The van der Waals surface area contributed by atoms with Crippen molar-refractivity contribution in [3.8, 4) is 0 Å². The first kappa shape index (κ1) is 20.2. The fraction of sp³-hybridized carbons (Fsp3) is 0.286. The van der Waals surface area contributed by atoms with E-state index in [-0.39, 0.29) is 5.91 Å². The van der Waals surface area contributed by atoms with E-state index in [1.54, 1.807) is 30.3 Å². The maximum absolute atomic E-state index is 12.3. The maximum atomic E-state index is 12.3. The van der Waals surface area contributed by atoms with Crippen LogP contribution in [0.5, 0.6) is 0 Å². The molecule has 6 heteroatoms. The third kappa shape index (κ3) is 5.41. The first-order chi connectivity index (χ1) is 12.8. The van der Waals surface area contributed by atoms with E-state index < -0.39 is 24.0 Å². The molecule has 0 saturated carbocycles. The van der Waals surface area contributed by atoms with Crippen molar-refractivity contribution in [1.82, 2.24) is 5.32 Å². The molecule has 2 atom stereocenters. The number of rotatable bonds is 6. The van der Waals surface area contributed by atoms with Crippen LogP contribution in [0.4, 0.5) is 5.69 Å². The van der Waals surface area contributed by atoms with Gasteiger partial charge in [0.1, 0.15) is 6.04 Å². The molecule has 27 heavy (non-hydrogen) atoms. The summed E-state index contributed by atoms with van der Waals surface area (Å²) >= 11 is 0. The monoisotopic (exact) mass is 368 g/mol. The van der Waals surface area contributed by atoms with Crippen molar-refractivity contribution in [3.05, 3.63) is 65.2 Å². The molecule has 1 unspecified atom stereocenters. The summed E-state index contributed by atoms with van der Waals surface area (Å²) in [6.07, 6.45) is -0.993. The lowest BCUT2D eigenvalue weighted by atomic mass is 10.1. The predicted molar refractivity (Wildman–Crippen MR) is 103 cm³/mol. The molecule has 2 aromatic carbocycles. The Bertz CT molecular complexity index is 813. The highest BCUT2D eigenvalue weighted by Gasteiger charge is 2.24. The molecule has 0 aromatic heterocycles.